The van der Waals surface area contributed by atoms with E-state index >= 15 is 0 Å². The maximum absolute atomic E-state index is 13.2. The summed E-state index contributed by atoms with van der Waals surface area (Å²) in [6.45, 7) is 5.33. The molecular weight excluding hydrogens is 412 g/mol. The van der Waals surface area contributed by atoms with Crippen LogP contribution in [0.1, 0.15) is 41.5 Å². The van der Waals surface area contributed by atoms with E-state index in [2.05, 4.69) is 12.2 Å². The number of aryl methyl sites for hydroxylation is 1. The number of hydrogen-bond donors (Lipinski definition) is 1. The molecule has 0 unspecified atom stereocenters. The van der Waals surface area contributed by atoms with Crippen LogP contribution in [0, 0.1) is 12.8 Å². The van der Waals surface area contributed by atoms with Crippen LogP contribution in [0.25, 0.3) is 10.9 Å². The van der Waals surface area contributed by atoms with Gasteiger partial charge in [0.1, 0.15) is 10.6 Å². The number of carbonyl (C=O) groups excluding carboxylic acids is 1. The zero-order chi connectivity index (χ0) is 22.3. The van der Waals surface area contributed by atoms with Gasteiger partial charge >= 0.3 is 0 Å². The molecule has 31 heavy (non-hydrogen) atoms. The normalized spacial score (nSPS) is 16.1. The highest BCUT2D eigenvalue weighted by Gasteiger charge is 2.32. The lowest BCUT2D eigenvalue weighted by atomic mass is 10.0. The number of fused-ring (bicyclic) bond motifs is 1. The average molecular weight is 443 g/mol. The molecule has 0 radical (unpaired) electrons. The summed E-state index contributed by atoms with van der Waals surface area (Å²) in [5, 5.41) is 4.05. The number of carbonyl (C=O) groups is 1. The molecule has 1 aliphatic heterocycles. The Morgan fingerprint density at radius 2 is 1.87 bits per heavy atom. The third-order valence-electron chi connectivity index (χ3n) is 6.54. The fourth-order valence-electron chi connectivity index (χ4n) is 4.30. The number of nitrogens with zero attached hydrogens (tertiary/aromatic N) is 3. The fourth-order valence-corrected chi connectivity index (χ4v) is 6.04. The highest BCUT2D eigenvalue weighted by atomic mass is 32.2. The number of amides is 1. The monoisotopic (exact) mass is 442 g/mol. The number of nitrogens with one attached hydrogen (secondary N) is 1. The Morgan fingerprint density at radius 1 is 1.16 bits per heavy atom. The predicted molar refractivity (Wildman–Crippen MR) is 121 cm³/mol. The number of piperidine rings is 1. The van der Waals surface area contributed by atoms with Crippen LogP contribution in [-0.4, -0.2) is 40.9 Å². The molecular formula is C23H30N4O3S. The second-order valence-electron chi connectivity index (χ2n) is 8.58. The minimum atomic E-state index is -3.61. The van der Waals surface area contributed by atoms with Gasteiger partial charge in [0.2, 0.25) is 10.0 Å². The van der Waals surface area contributed by atoms with Crippen molar-refractivity contribution in [3.05, 3.63) is 53.5 Å². The van der Waals surface area contributed by atoms with Crippen molar-refractivity contribution in [1.29, 1.82) is 0 Å². The van der Waals surface area contributed by atoms with Gasteiger partial charge in [0.15, 0.2) is 0 Å². The van der Waals surface area contributed by atoms with E-state index < -0.39 is 10.0 Å². The summed E-state index contributed by atoms with van der Waals surface area (Å²) in [5.41, 5.74) is 3.05. The van der Waals surface area contributed by atoms with Gasteiger partial charge in [0, 0.05) is 56.5 Å². The first-order chi connectivity index (χ1) is 14.7. The molecule has 0 bridgehead atoms. The standard InChI is InChI=1S/C23H30N4O3S/c1-16-8-12-27(13-9-16)31(29,30)22-14-21(26(4)17(22)2)23(28)24-15-18-6-5-7-20-19(18)10-11-25(20)3/h5-7,10-11,14,16H,8-9,12-13,15H2,1-4H3,(H,24,28). The molecule has 2 aromatic heterocycles. The van der Waals surface area contributed by atoms with E-state index in [9.17, 15) is 13.2 Å². The fraction of sp³-hybridized carbons (Fsp3) is 0.435. The zero-order valence-corrected chi connectivity index (χ0v) is 19.4. The lowest BCUT2D eigenvalue weighted by Gasteiger charge is -2.29. The van der Waals surface area contributed by atoms with E-state index in [1.807, 2.05) is 42.1 Å². The van der Waals surface area contributed by atoms with Crippen LogP contribution in [0.4, 0.5) is 0 Å². The number of hydrogen-bond acceptors (Lipinski definition) is 3. The van der Waals surface area contributed by atoms with Gasteiger partial charge < -0.3 is 14.5 Å². The molecule has 166 valence electrons. The minimum absolute atomic E-state index is 0.222. The van der Waals surface area contributed by atoms with Crippen LogP contribution in [0.5, 0.6) is 0 Å². The first-order valence-electron chi connectivity index (χ1n) is 10.7. The summed E-state index contributed by atoms with van der Waals surface area (Å²) < 4.78 is 31.7. The van der Waals surface area contributed by atoms with Gasteiger partial charge in [-0.25, -0.2) is 8.42 Å². The molecule has 0 aliphatic carbocycles. The van der Waals surface area contributed by atoms with Crippen molar-refractivity contribution in [2.24, 2.45) is 20.0 Å². The van der Waals surface area contributed by atoms with Gasteiger partial charge in [0.25, 0.3) is 5.91 Å². The maximum atomic E-state index is 13.2. The molecule has 1 saturated heterocycles. The third kappa shape index (κ3) is 3.90. The highest BCUT2D eigenvalue weighted by Crippen LogP contribution is 2.27. The Bertz CT molecular complexity index is 1230. The smallest absolute Gasteiger partial charge is 0.268 e. The molecule has 8 heteroatoms. The van der Waals surface area contributed by atoms with E-state index in [0.29, 0.717) is 36.9 Å². The van der Waals surface area contributed by atoms with Crippen LogP contribution in [0.3, 0.4) is 0 Å². The number of benzene rings is 1. The Morgan fingerprint density at radius 3 is 2.58 bits per heavy atom. The average Bonchev–Trinajstić information content (AvgIpc) is 3.27. The van der Waals surface area contributed by atoms with Crippen LogP contribution in [-0.2, 0) is 30.7 Å². The van der Waals surface area contributed by atoms with Gasteiger partial charge in [-0.1, -0.05) is 19.1 Å². The van der Waals surface area contributed by atoms with Crippen molar-refractivity contribution in [2.75, 3.05) is 13.1 Å². The Balaban J connectivity index is 1.55. The molecule has 1 fully saturated rings. The summed E-state index contributed by atoms with van der Waals surface area (Å²) >= 11 is 0. The molecule has 7 nitrogen and oxygen atoms in total. The Hall–Kier alpha value is -2.58. The molecule has 0 saturated carbocycles. The van der Waals surface area contributed by atoms with Gasteiger partial charge in [0.05, 0.1) is 0 Å². The second-order valence-corrected chi connectivity index (χ2v) is 10.5. The van der Waals surface area contributed by atoms with Crippen molar-refractivity contribution < 1.29 is 13.2 Å². The summed E-state index contributed by atoms with van der Waals surface area (Å²) in [5.74, 6) is 0.256. The molecule has 1 amide bonds. The molecule has 1 N–H and O–H groups in total. The lowest BCUT2D eigenvalue weighted by molar-refractivity contribution is 0.0942. The highest BCUT2D eigenvalue weighted by molar-refractivity contribution is 7.89. The van der Waals surface area contributed by atoms with Gasteiger partial charge in [-0.3, -0.25) is 4.79 Å². The first-order valence-corrected chi connectivity index (χ1v) is 12.1. The SMILES string of the molecule is Cc1c(S(=O)(=O)N2CCC(C)CC2)cc(C(=O)NCc2cccc3c2ccn3C)n1C. The topological polar surface area (TPSA) is 76.3 Å². The largest absolute Gasteiger partial charge is 0.351 e. The molecule has 0 spiro atoms. The Kier molecular flexibility index (Phi) is 5.70. The van der Waals surface area contributed by atoms with Crippen LogP contribution in [0.15, 0.2) is 41.4 Å². The van der Waals surface area contributed by atoms with Crippen molar-refractivity contribution >= 4 is 26.8 Å². The first kappa shape index (κ1) is 21.6. The van der Waals surface area contributed by atoms with Gasteiger partial charge in [-0.05, 0) is 49.4 Å². The molecule has 4 rings (SSSR count). The van der Waals surface area contributed by atoms with Gasteiger partial charge in [-0.2, -0.15) is 4.31 Å². The van der Waals surface area contributed by atoms with Gasteiger partial charge in [-0.15, -0.1) is 0 Å². The maximum Gasteiger partial charge on any atom is 0.268 e. The van der Waals surface area contributed by atoms with E-state index in [-0.39, 0.29) is 10.8 Å². The molecule has 3 aromatic rings. The van der Waals surface area contributed by atoms with E-state index in [1.54, 1.807) is 22.8 Å². The molecule has 1 aliphatic rings. The number of aromatic nitrogens is 2. The van der Waals surface area contributed by atoms with Crippen LogP contribution < -0.4 is 5.32 Å². The zero-order valence-electron chi connectivity index (χ0n) is 18.6. The third-order valence-corrected chi connectivity index (χ3v) is 8.55. The second kappa shape index (κ2) is 8.16. The van der Waals surface area contributed by atoms with E-state index in [0.717, 1.165) is 29.3 Å². The lowest BCUT2D eigenvalue weighted by Crippen LogP contribution is -2.38. The molecule has 1 aromatic carbocycles. The van der Waals surface area contributed by atoms with Crippen LogP contribution in [0.2, 0.25) is 0 Å². The number of rotatable bonds is 5. The minimum Gasteiger partial charge on any atom is -0.351 e. The molecule has 0 atom stereocenters. The van der Waals surface area contributed by atoms with Crippen molar-refractivity contribution in [3.8, 4) is 0 Å². The summed E-state index contributed by atoms with van der Waals surface area (Å²) in [7, 11) is 0.109. The summed E-state index contributed by atoms with van der Waals surface area (Å²) in [4.78, 5) is 13.2. The van der Waals surface area contributed by atoms with Crippen molar-refractivity contribution in [2.45, 2.75) is 38.1 Å². The number of sulfonamides is 1. The van der Waals surface area contributed by atoms with Crippen molar-refractivity contribution in [1.82, 2.24) is 18.8 Å². The summed E-state index contributed by atoms with van der Waals surface area (Å²) in [6, 6.07) is 9.56. The summed E-state index contributed by atoms with van der Waals surface area (Å²) in [6.07, 6.45) is 3.72. The van der Waals surface area contributed by atoms with Crippen molar-refractivity contribution in [3.63, 3.8) is 0 Å². The van der Waals surface area contributed by atoms with E-state index in [4.69, 9.17) is 0 Å². The molecule has 3 heterocycles. The van der Waals surface area contributed by atoms with E-state index in [1.165, 1.54) is 6.07 Å². The Labute approximate surface area is 183 Å². The van der Waals surface area contributed by atoms with Crippen LogP contribution >= 0.6 is 0 Å². The predicted octanol–water partition coefficient (Wildman–Crippen LogP) is 3.18. The quantitative estimate of drug-likeness (QED) is 0.659.